The molecule has 34 heavy (non-hydrogen) atoms. The molecule has 9 nitrogen and oxygen atoms in total. The fraction of sp³-hybridized carbons (Fsp3) is 0.500. The van der Waals surface area contributed by atoms with E-state index in [-0.39, 0.29) is 16.3 Å². The van der Waals surface area contributed by atoms with Crippen molar-refractivity contribution in [3.8, 4) is 0 Å². The number of nitrogens with zero attached hydrogens (tertiary/aromatic N) is 3. The van der Waals surface area contributed by atoms with Gasteiger partial charge >= 0.3 is 0 Å². The summed E-state index contributed by atoms with van der Waals surface area (Å²) in [5, 5.41) is 14.9. The lowest BCUT2D eigenvalue weighted by molar-refractivity contribution is -0.384. The molecule has 0 aliphatic carbocycles. The van der Waals surface area contributed by atoms with Crippen molar-refractivity contribution < 1.29 is 13.3 Å². The fourth-order valence-electron chi connectivity index (χ4n) is 4.02. The summed E-state index contributed by atoms with van der Waals surface area (Å²) in [4.78, 5) is 15.9. The number of likely N-dealkylation sites (N-methyl/N-ethyl adjacent to an activating group) is 1. The van der Waals surface area contributed by atoms with Gasteiger partial charge in [-0.25, -0.2) is 13.1 Å². The topological polar surface area (TPSA) is 108 Å². The highest BCUT2D eigenvalue weighted by Crippen LogP contribution is 2.29. The first-order valence-electron chi connectivity index (χ1n) is 11.6. The Kier molecular flexibility index (Phi) is 8.29. The molecule has 2 aromatic rings. The lowest BCUT2D eigenvalue weighted by atomic mass is 10.1. The molecule has 3 rings (SSSR count). The molecule has 1 aliphatic rings. The van der Waals surface area contributed by atoms with E-state index in [9.17, 15) is 18.5 Å². The van der Waals surface area contributed by atoms with Crippen LogP contribution in [-0.4, -0.2) is 61.4 Å². The van der Waals surface area contributed by atoms with Crippen molar-refractivity contribution in [3.05, 3.63) is 63.7 Å². The number of nitro benzene ring substituents is 1. The van der Waals surface area contributed by atoms with Crippen LogP contribution in [0.5, 0.6) is 0 Å². The highest BCUT2D eigenvalue weighted by molar-refractivity contribution is 7.89. The minimum atomic E-state index is -3.88. The largest absolute Gasteiger partial charge is 0.375 e. The van der Waals surface area contributed by atoms with E-state index >= 15 is 0 Å². The van der Waals surface area contributed by atoms with E-state index in [0.29, 0.717) is 6.54 Å². The molecule has 0 amide bonds. The highest BCUT2D eigenvalue weighted by Gasteiger charge is 2.25. The quantitative estimate of drug-likeness (QED) is 0.410. The number of rotatable bonds is 9. The van der Waals surface area contributed by atoms with E-state index in [4.69, 9.17) is 0 Å². The van der Waals surface area contributed by atoms with Gasteiger partial charge in [0.25, 0.3) is 5.69 Å². The summed E-state index contributed by atoms with van der Waals surface area (Å²) in [5.74, 6) is 0. The smallest absolute Gasteiger partial charge is 0.293 e. The first-order chi connectivity index (χ1) is 16.0. The zero-order valence-corrected chi connectivity index (χ0v) is 21.2. The van der Waals surface area contributed by atoms with Crippen molar-refractivity contribution in [2.45, 2.75) is 51.2 Å². The Hall–Kier alpha value is -2.53. The van der Waals surface area contributed by atoms with Crippen molar-refractivity contribution in [2.75, 3.05) is 38.0 Å². The van der Waals surface area contributed by atoms with Gasteiger partial charge in [-0.3, -0.25) is 15.0 Å². The van der Waals surface area contributed by atoms with Gasteiger partial charge in [0.05, 0.1) is 9.82 Å². The SMILES string of the molecule is CCN1CCN(Cc2ccccc2CNc2ccc(S(=O)(=O)NC(C)(C)C)cc2[N+](=O)[O-])CC1. The Morgan fingerprint density at radius 2 is 1.62 bits per heavy atom. The third-order valence-electron chi connectivity index (χ3n) is 5.81. The van der Waals surface area contributed by atoms with Gasteiger partial charge < -0.3 is 10.2 Å². The molecule has 2 N–H and O–H groups in total. The van der Waals surface area contributed by atoms with Crippen molar-refractivity contribution in [1.82, 2.24) is 14.5 Å². The zero-order valence-electron chi connectivity index (χ0n) is 20.4. The molecule has 0 spiro atoms. The molecular weight excluding hydrogens is 454 g/mol. The minimum Gasteiger partial charge on any atom is -0.375 e. The first-order valence-corrected chi connectivity index (χ1v) is 13.0. The molecule has 0 saturated carbocycles. The lowest BCUT2D eigenvalue weighted by Crippen LogP contribution is -2.45. The van der Waals surface area contributed by atoms with Crippen molar-refractivity contribution in [2.24, 2.45) is 0 Å². The van der Waals surface area contributed by atoms with Crippen molar-refractivity contribution in [3.63, 3.8) is 0 Å². The molecular formula is C24H35N5O4S. The van der Waals surface area contributed by atoms with Crippen LogP contribution in [0.1, 0.15) is 38.8 Å². The van der Waals surface area contributed by atoms with Gasteiger partial charge in [0.1, 0.15) is 5.69 Å². The third kappa shape index (κ3) is 6.99. The van der Waals surface area contributed by atoms with Gasteiger partial charge in [-0.15, -0.1) is 0 Å². The van der Waals surface area contributed by atoms with Crippen molar-refractivity contribution >= 4 is 21.4 Å². The number of nitrogens with one attached hydrogen (secondary N) is 2. The number of sulfonamides is 1. The Labute approximate surface area is 202 Å². The van der Waals surface area contributed by atoms with Crippen LogP contribution in [0.15, 0.2) is 47.4 Å². The van der Waals surface area contributed by atoms with Gasteiger partial charge in [-0.1, -0.05) is 31.2 Å². The maximum Gasteiger partial charge on any atom is 0.293 e. The monoisotopic (exact) mass is 489 g/mol. The minimum absolute atomic E-state index is 0.133. The Bertz CT molecular complexity index is 1110. The van der Waals surface area contributed by atoms with Crippen molar-refractivity contribution in [1.29, 1.82) is 0 Å². The normalized spacial score (nSPS) is 15.9. The van der Waals surface area contributed by atoms with Gasteiger partial charge in [-0.2, -0.15) is 0 Å². The maximum atomic E-state index is 12.6. The summed E-state index contributed by atoms with van der Waals surface area (Å²) in [6.45, 7) is 13.8. The Morgan fingerprint density at radius 1 is 1.00 bits per heavy atom. The molecule has 10 heteroatoms. The second-order valence-corrected chi connectivity index (χ2v) is 11.3. The molecule has 0 unspecified atom stereocenters. The first kappa shape index (κ1) is 26.1. The summed E-state index contributed by atoms with van der Waals surface area (Å²) in [6, 6.07) is 12.0. The molecule has 1 saturated heterocycles. The lowest BCUT2D eigenvalue weighted by Gasteiger charge is -2.34. The molecule has 0 atom stereocenters. The highest BCUT2D eigenvalue weighted by atomic mass is 32.2. The number of piperazine rings is 1. The molecule has 0 aromatic heterocycles. The predicted molar refractivity (Wildman–Crippen MR) is 134 cm³/mol. The molecule has 186 valence electrons. The summed E-state index contributed by atoms with van der Waals surface area (Å²) in [7, 11) is -3.88. The summed E-state index contributed by atoms with van der Waals surface area (Å²) in [6.07, 6.45) is 0. The average Bonchev–Trinajstić information content (AvgIpc) is 2.77. The van der Waals surface area contributed by atoms with Crippen LogP contribution in [0, 0.1) is 10.1 Å². The van der Waals surface area contributed by atoms with Gasteiger partial charge in [-0.05, 0) is 50.6 Å². The number of hydrogen-bond acceptors (Lipinski definition) is 7. The number of nitro groups is 1. The van der Waals surface area contributed by atoms with Crippen LogP contribution < -0.4 is 10.0 Å². The fourth-order valence-corrected chi connectivity index (χ4v) is 5.46. The van der Waals surface area contributed by atoms with Crippen LogP contribution in [0.4, 0.5) is 11.4 Å². The van der Waals surface area contributed by atoms with E-state index in [1.807, 2.05) is 18.2 Å². The average molecular weight is 490 g/mol. The van der Waals surface area contributed by atoms with E-state index in [1.54, 1.807) is 20.8 Å². The maximum absolute atomic E-state index is 12.6. The van der Waals surface area contributed by atoms with E-state index in [0.717, 1.165) is 50.9 Å². The van der Waals surface area contributed by atoms with E-state index in [1.165, 1.54) is 17.7 Å². The molecule has 2 aromatic carbocycles. The molecule has 1 fully saturated rings. The molecule has 1 aliphatic heterocycles. The molecule has 0 radical (unpaired) electrons. The van der Waals surface area contributed by atoms with Gasteiger partial charge in [0.2, 0.25) is 10.0 Å². The Morgan fingerprint density at radius 3 is 2.21 bits per heavy atom. The van der Waals surface area contributed by atoms with Crippen LogP contribution >= 0.6 is 0 Å². The predicted octanol–water partition coefficient (Wildman–Crippen LogP) is 3.42. The standard InChI is InChI=1S/C24H35N5O4S/c1-5-27-12-14-28(15-13-27)18-20-9-7-6-8-19(20)17-25-22-11-10-21(16-23(22)29(30)31)34(32,33)26-24(2,3)4/h6-11,16,25-26H,5,12-15,17-18H2,1-4H3. The molecule has 1 heterocycles. The number of hydrogen-bond donors (Lipinski definition) is 2. The van der Waals surface area contributed by atoms with Crippen LogP contribution in [0.3, 0.4) is 0 Å². The second kappa shape index (κ2) is 10.8. The zero-order chi connectivity index (χ0) is 24.9. The molecule has 0 bridgehead atoms. The Balaban J connectivity index is 1.75. The van der Waals surface area contributed by atoms with Crippen LogP contribution in [0.2, 0.25) is 0 Å². The number of benzene rings is 2. The number of anilines is 1. The van der Waals surface area contributed by atoms with Gasteiger partial charge in [0, 0.05) is 50.9 Å². The van der Waals surface area contributed by atoms with E-state index < -0.39 is 20.5 Å². The van der Waals surface area contributed by atoms with E-state index in [2.05, 4.69) is 32.8 Å². The summed E-state index contributed by atoms with van der Waals surface area (Å²) in [5.41, 5.74) is 1.55. The van der Waals surface area contributed by atoms with Gasteiger partial charge in [0.15, 0.2) is 0 Å². The van der Waals surface area contributed by atoms with Crippen LogP contribution in [-0.2, 0) is 23.1 Å². The second-order valence-electron chi connectivity index (χ2n) is 9.62. The third-order valence-corrected chi connectivity index (χ3v) is 7.57. The van der Waals surface area contributed by atoms with Crippen LogP contribution in [0.25, 0.3) is 0 Å². The summed E-state index contributed by atoms with van der Waals surface area (Å²) >= 11 is 0. The summed E-state index contributed by atoms with van der Waals surface area (Å²) < 4.78 is 27.8.